The van der Waals surface area contributed by atoms with Gasteiger partial charge in [-0.1, -0.05) is 18.2 Å². The number of carbonyl (C=O) groups is 1. The highest BCUT2D eigenvalue weighted by molar-refractivity contribution is 7.89. The highest BCUT2D eigenvalue weighted by atomic mass is 32.2. The molecule has 1 saturated heterocycles. The van der Waals surface area contributed by atoms with Crippen LogP contribution < -0.4 is 19.1 Å². The second-order valence-electron chi connectivity index (χ2n) is 6.28. The molecule has 2 aliphatic heterocycles. The fraction of sp³-hybridized carbons (Fsp3) is 0.278. The van der Waals surface area contributed by atoms with Crippen molar-refractivity contribution in [2.24, 2.45) is 5.92 Å². The molecule has 2 aliphatic rings. The first-order valence-corrected chi connectivity index (χ1v) is 9.76. The van der Waals surface area contributed by atoms with Gasteiger partial charge in [0.15, 0.2) is 11.5 Å². The van der Waals surface area contributed by atoms with Crippen molar-refractivity contribution in [2.75, 3.05) is 24.8 Å². The number of hydrogen-bond donors (Lipinski definition) is 1. The third-order valence-corrected chi connectivity index (χ3v) is 5.93. The summed E-state index contributed by atoms with van der Waals surface area (Å²) in [6, 6.07) is 13.6. The fourth-order valence-corrected chi connectivity index (χ4v) is 4.27. The molecule has 1 N–H and O–H groups in total. The number of rotatable bonds is 5. The largest absolute Gasteiger partial charge is 0.454 e. The molecule has 26 heavy (non-hydrogen) atoms. The Balaban J connectivity index is 1.42. The smallest absolute Gasteiger partial charge is 0.240 e. The number of nitrogens with zero attached hydrogens (tertiary/aromatic N) is 1. The average molecular weight is 374 g/mol. The molecule has 2 aromatic rings. The Hall–Kier alpha value is -2.58. The van der Waals surface area contributed by atoms with Gasteiger partial charge in [-0.3, -0.25) is 4.79 Å². The van der Waals surface area contributed by atoms with E-state index in [1.54, 1.807) is 47.4 Å². The Labute approximate surface area is 151 Å². The Morgan fingerprint density at radius 2 is 1.85 bits per heavy atom. The van der Waals surface area contributed by atoms with Gasteiger partial charge in [0.05, 0.1) is 4.90 Å². The molecule has 2 heterocycles. The maximum absolute atomic E-state index is 12.4. The van der Waals surface area contributed by atoms with Gasteiger partial charge in [0, 0.05) is 31.3 Å². The van der Waals surface area contributed by atoms with Crippen molar-refractivity contribution in [1.29, 1.82) is 0 Å². The second kappa shape index (κ2) is 6.62. The number of carbonyl (C=O) groups excluding carboxylic acids is 1. The van der Waals surface area contributed by atoms with Gasteiger partial charge in [0.25, 0.3) is 0 Å². The van der Waals surface area contributed by atoms with Crippen molar-refractivity contribution in [3.8, 4) is 11.5 Å². The minimum Gasteiger partial charge on any atom is -0.454 e. The molecule has 1 fully saturated rings. The first kappa shape index (κ1) is 16.9. The predicted octanol–water partition coefficient (Wildman–Crippen LogP) is 1.75. The summed E-state index contributed by atoms with van der Waals surface area (Å²) < 4.78 is 37.8. The zero-order valence-corrected chi connectivity index (χ0v) is 14.7. The van der Waals surface area contributed by atoms with Crippen LogP contribution in [-0.4, -0.2) is 34.2 Å². The Kier molecular flexibility index (Phi) is 4.29. The van der Waals surface area contributed by atoms with Crippen molar-refractivity contribution in [1.82, 2.24) is 4.72 Å². The van der Waals surface area contributed by atoms with Crippen LogP contribution in [0.4, 0.5) is 5.69 Å². The van der Waals surface area contributed by atoms with Gasteiger partial charge in [-0.25, -0.2) is 13.1 Å². The lowest BCUT2D eigenvalue weighted by Crippen LogP contribution is -2.31. The normalized spacial score (nSPS) is 19.2. The maximum Gasteiger partial charge on any atom is 0.240 e. The molecule has 136 valence electrons. The second-order valence-corrected chi connectivity index (χ2v) is 8.04. The van der Waals surface area contributed by atoms with Crippen molar-refractivity contribution < 1.29 is 22.7 Å². The number of amides is 1. The van der Waals surface area contributed by atoms with Crippen LogP contribution in [0, 0.1) is 5.92 Å². The molecule has 1 amide bonds. The SMILES string of the molecule is O=C1C[C@@H](CNS(=O)(=O)c2ccccc2)CN1c1ccc2c(c1)OCO2. The number of nitrogens with one attached hydrogen (secondary N) is 1. The molecule has 0 unspecified atom stereocenters. The minimum atomic E-state index is -3.57. The van der Waals surface area contributed by atoms with E-state index in [2.05, 4.69) is 4.72 Å². The maximum atomic E-state index is 12.4. The van der Waals surface area contributed by atoms with E-state index < -0.39 is 10.0 Å². The number of fused-ring (bicyclic) bond motifs is 1. The van der Waals surface area contributed by atoms with Gasteiger partial charge < -0.3 is 14.4 Å². The summed E-state index contributed by atoms with van der Waals surface area (Å²) in [7, 11) is -3.57. The van der Waals surface area contributed by atoms with Crippen LogP contribution in [0.15, 0.2) is 53.4 Å². The van der Waals surface area contributed by atoms with Crippen molar-refractivity contribution in [3.63, 3.8) is 0 Å². The molecule has 2 aromatic carbocycles. The molecular weight excluding hydrogens is 356 g/mol. The van der Waals surface area contributed by atoms with Crippen LogP contribution in [0.1, 0.15) is 6.42 Å². The molecule has 0 saturated carbocycles. The summed E-state index contributed by atoms with van der Waals surface area (Å²) >= 11 is 0. The van der Waals surface area contributed by atoms with Crippen LogP contribution >= 0.6 is 0 Å². The molecule has 0 radical (unpaired) electrons. The fourth-order valence-electron chi connectivity index (χ4n) is 3.13. The average Bonchev–Trinajstić information content (AvgIpc) is 3.26. The van der Waals surface area contributed by atoms with E-state index in [9.17, 15) is 13.2 Å². The van der Waals surface area contributed by atoms with Gasteiger partial charge >= 0.3 is 0 Å². The third-order valence-electron chi connectivity index (χ3n) is 4.49. The summed E-state index contributed by atoms with van der Waals surface area (Å²) in [5, 5.41) is 0. The number of hydrogen-bond acceptors (Lipinski definition) is 5. The molecular formula is C18H18N2O5S. The lowest BCUT2D eigenvalue weighted by atomic mass is 10.1. The van der Waals surface area contributed by atoms with Gasteiger partial charge in [0.1, 0.15) is 0 Å². The number of ether oxygens (including phenoxy) is 2. The number of benzene rings is 2. The van der Waals surface area contributed by atoms with E-state index in [1.165, 1.54) is 0 Å². The zero-order chi connectivity index (χ0) is 18.1. The van der Waals surface area contributed by atoms with Crippen LogP contribution in [0.5, 0.6) is 11.5 Å². The van der Waals surface area contributed by atoms with E-state index in [4.69, 9.17) is 9.47 Å². The molecule has 7 nitrogen and oxygen atoms in total. The lowest BCUT2D eigenvalue weighted by molar-refractivity contribution is -0.117. The summed E-state index contributed by atoms with van der Waals surface area (Å²) in [5.74, 6) is 1.15. The standard InChI is InChI=1S/C18H18N2O5S/c21-18-8-13(10-19-26(22,23)15-4-2-1-3-5-15)11-20(18)14-6-7-16-17(9-14)25-12-24-16/h1-7,9,13,19H,8,10-12H2/t13-/m0/s1. The lowest BCUT2D eigenvalue weighted by Gasteiger charge is -2.17. The van der Waals surface area contributed by atoms with Crippen LogP contribution in [0.2, 0.25) is 0 Å². The molecule has 0 aromatic heterocycles. The molecule has 4 rings (SSSR count). The summed E-state index contributed by atoms with van der Waals surface area (Å²) in [5.41, 5.74) is 0.729. The summed E-state index contributed by atoms with van der Waals surface area (Å²) in [6.07, 6.45) is 0.297. The van der Waals surface area contributed by atoms with Crippen molar-refractivity contribution in [3.05, 3.63) is 48.5 Å². The van der Waals surface area contributed by atoms with Gasteiger partial charge in [-0.05, 0) is 30.2 Å². The van der Waals surface area contributed by atoms with E-state index in [1.807, 2.05) is 6.07 Å². The molecule has 0 bridgehead atoms. The molecule has 1 atom stereocenters. The Morgan fingerprint density at radius 3 is 2.65 bits per heavy atom. The predicted molar refractivity (Wildman–Crippen MR) is 94.7 cm³/mol. The van der Waals surface area contributed by atoms with Gasteiger partial charge in [-0.2, -0.15) is 0 Å². The van der Waals surface area contributed by atoms with Crippen LogP contribution in [0.3, 0.4) is 0 Å². The Bertz CT molecular complexity index is 930. The Morgan fingerprint density at radius 1 is 1.08 bits per heavy atom. The molecule has 8 heteroatoms. The topological polar surface area (TPSA) is 84.9 Å². The van der Waals surface area contributed by atoms with Crippen molar-refractivity contribution in [2.45, 2.75) is 11.3 Å². The van der Waals surface area contributed by atoms with E-state index >= 15 is 0 Å². The highest BCUT2D eigenvalue weighted by Crippen LogP contribution is 2.37. The molecule has 0 aliphatic carbocycles. The van der Waals surface area contributed by atoms with Crippen molar-refractivity contribution >= 4 is 21.6 Å². The monoisotopic (exact) mass is 374 g/mol. The molecule has 0 spiro atoms. The number of sulfonamides is 1. The quantitative estimate of drug-likeness (QED) is 0.862. The zero-order valence-electron chi connectivity index (χ0n) is 13.9. The van der Waals surface area contributed by atoms with E-state index in [0.29, 0.717) is 24.5 Å². The van der Waals surface area contributed by atoms with Gasteiger partial charge in [-0.15, -0.1) is 0 Å². The summed E-state index contributed by atoms with van der Waals surface area (Å²) in [6.45, 7) is 0.844. The van der Waals surface area contributed by atoms with Crippen LogP contribution in [0.25, 0.3) is 0 Å². The first-order valence-electron chi connectivity index (χ1n) is 8.28. The van der Waals surface area contributed by atoms with Gasteiger partial charge in [0.2, 0.25) is 22.7 Å². The highest BCUT2D eigenvalue weighted by Gasteiger charge is 2.32. The summed E-state index contributed by atoms with van der Waals surface area (Å²) in [4.78, 5) is 14.2. The number of anilines is 1. The third kappa shape index (κ3) is 3.25. The minimum absolute atomic E-state index is 0.0345. The van der Waals surface area contributed by atoms with E-state index in [0.717, 1.165) is 5.69 Å². The van der Waals surface area contributed by atoms with E-state index in [-0.39, 0.29) is 30.1 Å². The van der Waals surface area contributed by atoms with Crippen LogP contribution in [-0.2, 0) is 14.8 Å². The first-order chi connectivity index (χ1) is 12.5.